The fourth-order valence-electron chi connectivity index (χ4n) is 4.02. The van der Waals surface area contributed by atoms with Crippen LogP contribution in [-0.2, 0) is 16.6 Å². The predicted molar refractivity (Wildman–Crippen MR) is 121 cm³/mol. The molecule has 6 nitrogen and oxygen atoms in total. The smallest absolute Gasteiger partial charge is 0.289 e. The van der Waals surface area contributed by atoms with Crippen molar-refractivity contribution < 1.29 is 17.6 Å². The van der Waals surface area contributed by atoms with Gasteiger partial charge in [-0.25, -0.2) is 13.1 Å². The summed E-state index contributed by atoms with van der Waals surface area (Å²) in [6.45, 7) is 6.85. The van der Waals surface area contributed by atoms with Crippen molar-refractivity contribution in [2.45, 2.75) is 45.1 Å². The van der Waals surface area contributed by atoms with Gasteiger partial charge >= 0.3 is 0 Å². The van der Waals surface area contributed by atoms with Crippen molar-refractivity contribution in [3.8, 4) is 0 Å². The van der Waals surface area contributed by atoms with E-state index >= 15 is 0 Å². The molecule has 1 aromatic heterocycles. The monoisotopic (exact) mass is 460 g/mol. The van der Waals surface area contributed by atoms with E-state index < -0.39 is 10.0 Å². The van der Waals surface area contributed by atoms with Crippen LogP contribution in [0.2, 0.25) is 5.02 Å². The molecule has 1 fully saturated rings. The van der Waals surface area contributed by atoms with Crippen LogP contribution in [0.1, 0.15) is 45.7 Å². The Bertz CT molecular complexity index is 1270. The standard InChI is InChI=1S/C23H25ClN2O4S/c1-14-12-18-16(3)20(23(27)26-10-6-7-11-26)30-21(18)22(15(14)2)31(28,29)25-13-17-8-4-5-9-19(17)24/h4-5,8-9,12,25H,6-7,10-11,13H2,1-3H3. The van der Waals surface area contributed by atoms with E-state index in [0.717, 1.165) is 18.4 Å². The van der Waals surface area contributed by atoms with Gasteiger partial charge in [-0.2, -0.15) is 0 Å². The van der Waals surface area contributed by atoms with Gasteiger partial charge in [-0.3, -0.25) is 4.79 Å². The van der Waals surface area contributed by atoms with Gasteiger partial charge in [0, 0.05) is 35.6 Å². The van der Waals surface area contributed by atoms with Gasteiger partial charge in [-0.15, -0.1) is 0 Å². The summed E-state index contributed by atoms with van der Waals surface area (Å²) >= 11 is 6.18. The molecule has 1 amide bonds. The van der Waals surface area contributed by atoms with Crippen molar-refractivity contribution in [3.63, 3.8) is 0 Å². The Morgan fingerprint density at radius 2 is 1.81 bits per heavy atom. The van der Waals surface area contributed by atoms with Gasteiger partial charge in [0.2, 0.25) is 10.0 Å². The minimum absolute atomic E-state index is 0.0517. The summed E-state index contributed by atoms with van der Waals surface area (Å²) in [5.74, 6) is 0.0262. The van der Waals surface area contributed by atoms with E-state index in [0.29, 0.717) is 40.2 Å². The number of halogens is 1. The van der Waals surface area contributed by atoms with Gasteiger partial charge in [0.05, 0.1) is 0 Å². The van der Waals surface area contributed by atoms with E-state index in [2.05, 4.69) is 4.72 Å². The Hall–Kier alpha value is -2.35. The molecule has 0 unspecified atom stereocenters. The summed E-state index contributed by atoms with van der Waals surface area (Å²) in [7, 11) is -3.93. The lowest BCUT2D eigenvalue weighted by Crippen LogP contribution is -2.27. The Morgan fingerprint density at radius 1 is 1.13 bits per heavy atom. The van der Waals surface area contributed by atoms with Crippen molar-refractivity contribution in [1.82, 2.24) is 9.62 Å². The molecule has 1 saturated heterocycles. The molecule has 0 radical (unpaired) electrons. The van der Waals surface area contributed by atoms with E-state index in [4.69, 9.17) is 16.0 Å². The molecular weight excluding hydrogens is 436 g/mol. The van der Waals surface area contributed by atoms with Crippen LogP contribution in [-0.4, -0.2) is 32.3 Å². The largest absolute Gasteiger partial charge is 0.449 e. The lowest BCUT2D eigenvalue weighted by molar-refractivity contribution is 0.0762. The van der Waals surface area contributed by atoms with E-state index in [1.54, 1.807) is 43.0 Å². The quantitative estimate of drug-likeness (QED) is 0.597. The number of likely N-dealkylation sites (tertiary alicyclic amines) is 1. The summed E-state index contributed by atoms with van der Waals surface area (Å²) in [4.78, 5) is 14.8. The third kappa shape index (κ3) is 3.97. The first-order valence-corrected chi connectivity index (χ1v) is 12.1. The molecular formula is C23H25ClN2O4S. The molecule has 0 aliphatic carbocycles. The van der Waals surface area contributed by atoms with Crippen LogP contribution in [0.5, 0.6) is 0 Å². The van der Waals surface area contributed by atoms with Gasteiger partial charge in [0.15, 0.2) is 11.3 Å². The summed E-state index contributed by atoms with van der Waals surface area (Å²) in [6.07, 6.45) is 1.93. The second-order valence-corrected chi connectivity index (χ2v) is 10.1. The number of benzene rings is 2. The number of hydrogen-bond acceptors (Lipinski definition) is 4. The Kier molecular flexibility index (Phi) is 5.85. The van der Waals surface area contributed by atoms with Crippen LogP contribution in [0.25, 0.3) is 11.0 Å². The van der Waals surface area contributed by atoms with E-state index in [1.807, 2.05) is 13.0 Å². The summed E-state index contributed by atoms with van der Waals surface area (Å²) in [6, 6.07) is 8.97. The number of fused-ring (bicyclic) bond motifs is 1. The molecule has 0 atom stereocenters. The summed E-state index contributed by atoms with van der Waals surface area (Å²) < 4.78 is 35.3. The number of aryl methyl sites for hydroxylation is 2. The second kappa shape index (κ2) is 8.30. The second-order valence-electron chi connectivity index (χ2n) is 8.00. The summed E-state index contributed by atoms with van der Waals surface area (Å²) in [5.41, 5.74) is 2.96. The number of rotatable bonds is 5. The number of hydrogen-bond donors (Lipinski definition) is 1. The Morgan fingerprint density at radius 3 is 2.48 bits per heavy atom. The molecule has 0 saturated carbocycles. The topological polar surface area (TPSA) is 79.6 Å². The molecule has 2 aromatic carbocycles. The number of nitrogens with zero attached hydrogens (tertiary/aromatic N) is 1. The SMILES string of the molecule is Cc1cc2c(C)c(C(=O)N3CCCC3)oc2c(S(=O)(=O)NCc2ccccc2Cl)c1C. The summed E-state index contributed by atoms with van der Waals surface area (Å²) in [5, 5.41) is 1.13. The maximum atomic E-state index is 13.3. The average molecular weight is 461 g/mol. The van der Waals surface area contributed by atoms with Crippen molar-refractivity contribution >= 4 is 38.5 Å². The third-order valence-corrected chi connectivity index (χ3v) is 7.88. The first kappa shape index (κ1) is 21.9. The van der Waals surface area contributed by atoms with Crippen molar-refractivity contribution in [1.29, 1.82) is 0 Å². The molecule has 0 bridgehead atoms. The molecule has 8 heteroatoms. The molecule has 3 aromatic rings. The van der Waals surface area contributed by atoms with Crippen molar-refractivity contribution in [2.75, 3.05) is 13.1 Å². The molecule has 2 heterocycles. The first-order valence-electron chi connectivity index (χ1n) is 10.3. The third-order valence-electron chi connectivity index (χ3n) is 5.96. The number of nitrogens with one attached hydrogen (secondary N) is 1. The molecule has 0 spiro atoms. The first-order chi connectivity index (χ1) is 14.7. The van der Waals surface area contributed by atoms with Crippen molar-refractivity contribution in [3.05, 3.63) is 63.4 Å². The molecule has 1 aliphatic rings. The van der Waals surface area contributed by atoms with Gasteiger partial charge in [-0.1, -0.05) is 29.8 Å². The zero-order valence-electron chi connectivity index (χ0n) is 17.8. The molecule has 31 heavy (non-hydrogen) atoms. The zero-order valence-corrected chi connectivity index (χ0v) is 19.4. The average Bonchev–Trinajstić information content (AvgIpc) is 3.37. The van der Waals surface area contributed by atoms with E-state index in [1.165, 1.54) is 0 Å². The van der Waals surface area contributed by atoms with E-state index in [9.17, 15) is 13.2 Å². The fraction of sp³-hybridized carbons (Fsp3) is 0.348. The number of amides is 1. The lowest BCUT2D eigenvalue weighted by Gasteiger charge is -2.13. The predicted octanol–water partition coefficient (Wildman–Crippen LogP) is 4.73. The molecule has 4 rings (SSSR count). The minimum Gasteiger partial charge on any atom is -0.449 e. The number of sulfonamides is 1. The highest BCUT2D eigenvalue weighted by molar-refractivity contribution is 7.89. The Labute approximate surface area is 187 Å². The normalized spacial score (nSPS) is 14.5. The van der Waals surface area contributed by atoms with Crippen LogP contribution >= 0.6 is 11.6 Å². The van der Waals surface area contributed by atoms with Crippen LogP contribution < -0.4 is 4.72 Å². The van der Waals surface area contributed by atoms with E-state index in [-0.39, 0.29) is 28.7 Å². The zero-order chi connectivity index (χ0) is 22.3. The van der Waals surface area contributed by atoms with Gasteiger partial charge in [0.1, 0.15) is 4.90 Å². The van der Waals surface area contributed by atoms with Crippen molar-refractivity contribution in [2.24, 2.45) is 0 Å². The minimum atomic E-state index is -3.93. The van der Waals surface area contributed by atoms with Crippen LogP contribution in [0.4, 0.5) is 0 Å². The number of furan rings is 1. The maximum Gasteiger partial charge on any atom is 0.289 e. The maximum absolute atomic E-state index is 13.3. The highest BCUT2D eigenvalue weighted by atomic mass is 35.5. The number of carbonyl (C=O) groups excluding carboxylic acids is 1. The van der Waals surface area contributed by atoms with Gasteiger partial charge in [-0.05, 0) is 62.4 Å². The molecule has 1 aliphatic heterocycles. The van der Waals surface area contributed by atoms with Crippen LogP contribution in [0.3, 0.4) is 0 Å². The number of carbonyl (C=O) groups is 1. The highest BCUT2D eigenvalue weighted by Gasteiger charge is 2.30. The Balaban J connectivity index is 1.79. The van der Waals surface area contributed by atoms with Gasteiger partial charge < -0.3 is 9.32 Å². The lowest BCUT2D eigenvalue weighted by atomic mass is 10.0. The molecule has 164 valence electrons. The molecule has 1 N–H and O–H groups in total. The van der Waals surface area contributed by atoms with Crippen LogP contribution in [0, 0.1) is 20.8 Å². The highest BCUT2D eigenvalue weighted by Crippen LogP contribution is 2.35. The van der Waals surface area contributed by atoms with Gasteiger partial charge in [0.25, 0.3) is 5.91 Å². The fourth-order valence-corrected chi connectivity index (χ4v) is 5.67. The van der Waals surface area contributed by atoms with Crippen LogP contribution in [0.15, 0.2) is 39.6 Å².